The Balaban J connectivity index is 1.90. The normalized spacial score (nSPS) is 19.1. The van der Waals surface area contributed by atoms with Crippen LogP contribution in [0.1, 0.15) is 30.9 Å². The third-order valence-corrected chi connectivity index (χ3v) is 4.60. The summed E-state index contributed by atoms with van der Waals surface area (Å²) in [4.78, 5) is 25.5. The van der Waals surface area contributed by atoms with Gasteiger partial charge in [0.05, 0.1) is 5.92 Å². The summed E-state index contributed by atoms with van der Waals surface area (Å²) in [6.07, 6.45) is 2.70. The van der Waals surface area contributed by atoms with Crippen molar-refractivity contribution >= 4 is 16.9 Å². The Bertz CT molecular complexity index is 781. The molecule has 1 amide bonds. The SMILES string of the molecule is CCc1ccc2c(CN3CCC[C@H](C(N)=O)C3)cc(=O)oc2c1. The molecule has 1 aromatic carbocycles. The monoisotopic (exact) mass is 314 g/mol. The van der Waals surface area contributed by atoms with E-state index in [4.69, 9.17) is 10.2 Å². The van der Waals surface area contributed by atoms with E-state index in [1.165, 1.54) is 0 Å². The second-order valence-electron chi connectivity index (χ2n) is 6.25. The molecular weight excluding hydrogens is 292 g/mol. The predicted octanol–water partition coefficient (Wildman–Crippen LogP) is 2.05. The Hall–Kier alpha value is -2.14. The van der Waals surface area contributed by atoms with Crippen LogP contribution in [0.25, 0.3) is 11.0 Å². The highest BCUT2D eigenvalue weighted by molar-refractivity contribution is 5.81. The van der Waals surface area contributed by atoms with Gasteiger partial charge in [-0.1, -0.05) is 19.1 Å². The van der Waals surface area contributed by atoms with Crippen LogP contribution in [0.2, 0.25) is 0 Å². The van der Waals surface area contributed by atoms with E-state index >= 15 is 0 Å². The quantitative estimate of drug-likeness (QED) is 0.876. The smallest absolute Gasteiger partial charge is 0.336 e. The third kappa shape index (κ3) is 3.45. The highest BCUT2D eigenvalue weighted by Gasteiger charge is 2.24. The van der Waals surface area contributed by atoms with E-state index < -0.39 is 0 Å². The molecule has 1 aromatic heterocycles. The molecule has 23 heavy (non-hydrogen) atoms. The third-order valence-electron chi connectivity index (χ3n) is 4.60. The number of aryl methyl sites for hydroxylation is 1. The van der Waals surface area contributed by atoms with Crippen molar-refractivity contribution in [2.45, 2.75) is 32.7 Å². The second-order valence-corrected chi connectivity index (χ2v) is 6.25. The molecule has 0 spiro atoms. The molecule has 122 valence electrons. The molecule has 0 aliphatic carbocycles. The number of likely N-dealkylation sites (tertiary alicyclic amines) is 1. The van der Waals surface area contributed by atoms with Crippen molar-refractivity contribution in [2.24, 2.45) is 11.7 Å². The average molecular weight is 314 g/mol. The molecule has 0 bridgehead atoms. The van der Waals surface area contributed by atoms with Crippen molar-refractivity contribution in [1.29, 1.82) is 0 Å². The van der Waals surface area contributed by atoms with Crippen molar-refractivity contribution in [3.05, 3.63) is 45.8 Å². The number of rotatable bonds is 4. The number of benzene rings is 1. The molecule has 2 N–H and O–H groups in total. The summed E-state index contributed by atoms with van der Waals surface area (Å²) in [6, 6.07) is 7.57. The zero-order chi connectivity index (χ0) is 16.4. The number of fused-ring (bicyclic) bond motifs is 1. The lowest BCUT2D eigenvalue weighted by molar-refractivity contribution is -0.123. The number of hydrogen-bond acceptors (Lipinski definition) is 4. The van der Waals surface area contributed by atoms with Gasteiger partial charge in [-0.15, -0.1) is 0 Å². The second kappa shape index (κ2) is 6.54. The fraction of sp³-hybridized carbons (Fsp3) is 0.444. The number of amides is 1. The molecule has 0 saturated carbocycles. The van der Waals surface area contributed by atoms with Crippen molar-refractivity contribution in [2.75, 3.05) is 13.1 Å². The maximum atomic E-state index is 11.9. The van der Waals surface area contributed by atoms with Gasteiger partial charge in [-0.2, -0.15) is 0 Å². The molecule has 1 aliphatic heterocycles. The van der Waals surface area contributed by atoms with Crippen LogP contribution >= 0.6 is 0 Å². The van der Waals surface area contributed by atoms with Crippen LogP contribution in [0.5, 0.6) is 0 Å². The van der Waals surface area contributed by atoms with Crippen molar-refractivity contribution in [1.82, 2.24) is 4.90 Å². The lowest BCUT2D eigenvalue weighted by Gasteiger charge is -2.31. The maximum Gasteiger partial charge on any atom is 0.336 e. The Morgan fingerprint density at radius 3 is 2.96 bits per heavy atom. The molecule has 1 saturated heterocycles. The van der Waals surface area contributed by atoms with Gasteiger partial charge in [0.1, 0.15) is 5.58 Å². The fourth-order valence-corrected chi connectivity index (χ4v) is 3.30. The van der Waals surface area contributed by atoms with Gasteiger partial charge in [0, 0.05) is 24.5 Å². The number of primary amides is 1. The minimum Gasteiger partial charge on any atom is -0.423 e. The summed E-state index contributed by atoms with van der Waals surface area (Å²) in [6.45, 7) is 4.28. The van der Waals surface area contributed by atoms with Gasteiger partial charge in [0.15, 0.2) is 0 Å². The zero-order valence-electron chi connectivity index (χ0n) is 13.4. The van der Waals surface area contributed by atoms with Crippen LogP contribution in [-0.2, 0) is 17.8 Å². The Morgan fingerprint density at radius 1 is 1.39 bits per heavy atom. The summed E-state index contributed by atoms with van der Waals surface area (Å²) in [7, 11) is 0. The van der Waals surface area contributed by atoms with Gasteiger partial charge in [-0.3, -0.25) is 9.69 Å². The van der Waals surface area contributed by atoms with E-state index in [2.05, 4.69) is 17.9 Å². The summed E-state index contributed by atoms with van der Waals surface area (Å²) >= 11 is 0. The van der Waals surface area contributed by atoms with E-state index in [9.17, 15) is 9.59 Å². The van der Waals surface area contributed by atoms with Crippen LogP contribution in [-0.4, -0.2) is 23.9 Å². The van der Waals surface area contributed by atoms with E-state index in [1.807, 2.05) is 12.1 Å². The van der Waals surface area contributed by atoms with Gasteiger partial charge in [0.25, 0.3) is 0 Å². The number of carbonyl (C=O) groups is 1. The molecule has 0 radical (unpaired) electrons. The largest absolute Gasteiger partial charge is 0.423 e. The number of hydrogen-bond donors (Lipinski definition) is 1. The molecular formula is C18H22N2O3. The van der Waals surface area contributed by atoms with Gasteiger partial charge < -0.3 is 10.2 Å². The summed E-state index contributed by atoms with van der Waals surface area (Å²) in [5.41, 5.74) is 7.84. The van der Waals surface area contributed by atoms with Gasteiger partial charge in [-0.05, 0) is 43.0 Å². The molecule has 3 rings (SSSR count). The summed E-state index contributed by atoms with van der Waals surface area (Å²) < 4.78 is 5.35. The topological polar surface area (TPSA) is 76.5 Å². The van der Waals surface area contributed by atoms with Gasteiger partial charge in [-0.25, -0.2) is 4.79 Å². The number of piperidine rings is 1. The molecule has 1 atom stereocenters. The molecule has 0 unspecified atom stereocenters. The van der Waals surface area contributed by atoms with Crippen molar-refractivity contribution in [3.63, 3.8) is 0 Å². The highest BCUT2D eigenvalue weighted by Crippen LogP contribution is 2.23. The summed E-state index contributed by atoms with van der Waals surface area (Å²) in [5, 5.41) is 0.961. The van der Waals surface area contributed by atoms with E-state index in [1.54, 1.807) is 6.07 Å². The fourth-order valence-electron chi connectivity index (χ4n) is 3.30. The van der Waals surface area contributed by atoms with Crippen LogP contribution in [0, 0.1) is 5.92 Å². The molecule has 2 heterocycles. The molecule has 2 aromatic rings. The first kappa shape index (κ1) is 15.7. The van der Waals surface area contributed by atoms with E-state index in [-0.39, 0.29) is 17.5 Å². The van der Waals surface area contributed by atoms with E-state index in [0.717, 1.165) is 42.3 Å². The standard InChI is InChI=1S/C18H22N2O3/c1-2-12-5-6-15-14(9-17(21)23-16(15)8-12)11-20-7-3-4-13(10-20)18(19)22/h5-6,8-9,13H,2-4,7,10-11H2,1H3,(H2,19,22)/t13-/m0/s1. The van der Waals surface area contributed by atoms with Crippen LogP contribution < -0.4 is 11.4 Å². The van der Waals surface area contributed by atoms with Gasteiger partial charge in [0.2, 0.25) is 5.91 Å². The lowest BCUT2D eigenvalue weighted by Crippen LogP contribution is -2.40. The Morgan fingerprint density at radius 2 is 2.22 bits per heavy atom. The van der Waals surface area contributed by atoms with E-state index in [0.29, 0.717) is 18.7 Å². The lowest BCUT2D eigenvalue weighted by atomic mass is 9.96. The number of carbonyl (C=O) groups excluding carboxylic acids is 1. The minimum absolute atomic E-state index is 0.0955. The van der Waals surface area contributed by atoms with Crippen molar-refractivity contribution < 1.29 is 9.21 Å². The Labute approximate surface area is 135 Å². The van der Waals surface area contributed by atoms with Crippen LogP contribution in [0.3, 0.4) is 0 Å². The van der Waals surface area contributed by atoms with Crippen molar-refractivity contribution in [3.8, 4) is 0 Å². The highest BCUT2D eigenvalue weighted by atomic mass is 16.4. The van der Waals surface area contributed by atoms with Crippen LogP contribution in [0.15, 0.2) is 33.5 Å². The average Bonchev–Trinajstić information content (AvgIpc) is 2.54. The van der Waals surface area contributed by atoms with Crippen LogP contribution in [0.4, 0.5) is 0 Å². The predicted molar refractivity (Wildman–Crippen MR) is 89.1 cm³/mol. The zero-order valence-corrected chi connectivity index (χ0v) is 13.4. The first-order chi connectivity index (χ1) is 11.1. The van der Waals surface area contributed by atoms with Gasteiger partial charge >= 0.3 is 5.63 Å². The first-order valence-corrected chi connectivity index (χ1v) is 8.14. The molecule has 1 fully saturated rings. The molecule has 5 nitrogen and oxygen atoms in total. The first-order valence-electron chi connectivity index (χ1n) is 8.14. The molecule has 1 aliphatic rings. The maximum absolute atomic E-state index is 11.9. The minimum atomic E-state index is -0.329. The molecule has 5 heteroatoms. The summed E-state index contributed by atoms with van der Waals surface area (Å²) in [5.74, 6) is -0.332. The number of nitrogens with zero attached hydrogens (tertiary/aromatic N) is 1. The number of nitrogens with two attached hydrogens (primary N) is 1. The Kier molecular flexibility index (Phi) is 4.48.